The van der Waals surface area contributed by atoms with Crippen molar-refractivity contribution in [3.8, 4) is 0 Å². The van der Waals surface area contributed by atoms with Crippen molar-refractivity contribution in [1.82, 2.24) is 5.43 Å². The molecule has 0 aliphatic rings. The van der Waals surface area contributed by atoms with Crippen LogP contribution in [0.1, 0.15) is 21.5 Å². The van der Waals surface area contributed by atoms with Gasteiger partial charge < -0.3 is 0 Å². The molecule has 1 heterocycles. The van der Waals surface area contributed by atoms with Gasteiger partial charge in [0, 0.05) is 11.1 Å². The number of amides is 1. The first-order valence-corrected chi connectivity index (χ1v) is 6.12. The van der Waals surface area contributed by atoms with E-state index in [0.717, 1.165) is 11.1 Å². The Bertz CT molecular complexity index is 515. The average molecular weight is 244 g/mol. The molecule has 0 saturated carbocycles. The normalized spacial score (nSPS) is 10.6. The van der Waals surface area contributed by atoms with Crippen LogP contribution in [-0.2, 0) is 0 Å². The number of aryl methyl sites for hydroxylation is 1. The van der Waals surface area contributed by atoms with Gasteiger partial charge in [-0.2, -0.15) is 16.4 Å². The minimum absolute atomic E-state index is 0.198. The van der Waals surface area contributed by atoms with Crippen LogP contribution in [0.2, 0.25) is 0 Å². The molecule has 17 heavy (non-hydrogen) atoms. The number of benzene rings is 1. The van der Waals surface area contributed by atoms with Gasteiger partial charge in [0.05, 0.1) is 6.21 Å². The van der Waals surface area contributed by atoms with Gasteiger partial charge in [-0.3, -0.25) is 4.79 Å². The van der Waals surface area contributed by atoms with Crippen LogP contribution < -0.4 is 5.43 Å². The molecule has 0 unspecified atom stereocenters. The molecule has 0 aliphatic heterocycles. The van der Waals surface area contributed by atoms with Crippen LogP contribution in [-0.4, -0.2) is 12.1 Å². The van der Waals surface area contributed by atoms with Crippen LogP contribution in [0.4, 0.5) is 0 Å². The molecule has 0 saturated heterocycles. The van der Waals surface area contributed by atoms with Gasteiger partial charge in [-0.1, -0.05) is 17.7 Å². The summed E-state index contributed by atoms with van der Waals surface area (Å²) in [5.41, 5.74) is 5.21. The van der Waals surface area contributed by atoms with Crippen LogP contribution in [0.3, 0.4) is 0 Å². The van der Waals surface area contributed by atoms with Crippen LogP contribution in [0.5, 0.6) is 0 Å². The zero-order chi connectivity index (χ0) is 12.1. The van der Waals surface area contributed by atoms with Crippen LogP contribution in [0.15, 0.2) is 46.2 Å². The van der Waals surface area contributed by atoms with Crippen molar-refractivity contribution >= 4 is 23.5 Å². The van der Waals surface area contributed by atoms with Gasteiger partial charge in [0.15, 0.2) is 0 Å². The lowest BCUT2D eigenvalue weighted by Gasteiger charge is -1.99. The van der Waals surface area contributed by atoms with Crippen molar-refractivity contribution in [2.45, 2.75) is 6.92 Å². The van der Waals surface area contributed by atoms with E-state index in [2.05, 4.69) is 10.5 Å². The summed E-state index contributed by atoms with van der Waals surface area (Å²) in [5, 5.41) is 7.82. The second-order valence-corrected chi connectivity index (χ2v) is 4.40. The minimum Gasteiger partial charge on any atom is -0.267 e. The Balaban J connectivity index is 1.96. The third-order valence-electron chi connectivity index (χ3n) is 2.24. The van der Waals surface area contributed by atoms with Gasteiger partial charge in [0.1, 0.15) is 0 Å². The van der Waals surface area contributed by atoms with Crippen LogP contribution >= 0.6 is 11.3 Å². The van der Waals surface area contributed by atoms with E-state index in [9.17, 15) is 4.79 Å². The van der Waals surface area contributed by atoms with Crippen molar-refractivity contribution in [3.05, 3.63) is 57.8 Å². The predicted octanol–water partition coefficient (Wildman–Crippen LogP) is 2.82. The number of hydrogen-bond donors (Lipinski definition) is 1. The van der Waals surface area contributed by atoms with Crippen molar-refractivity contribution in [2.24, 2.45) is 5.10 Å². The zero-order valence-electron chi connectivity index (χ0n) is 9.38. The van der Waals surface area contributed by atoms with Gasteiger partial charge in [0.2, 0.25) is 0 Å². The van der Waals surface area contributed by atoms with Crippen molar-refractivity contribution in [1.29, 1.82) is 0 Å². The van der Waals surface area contributed by atoms with Crippen molar-refractivity contribution in [2.75, 3.05) is 0 Å². The highest BCUT2D eigenvalue weighted by Gasteiger charge is 2.02. The molecule has 1 amide bonds. The quantitative estimate of drug-likeness (QED) is 0.654. The fourth-order valence-electron chi connectivity index (χ4n) is 1.28. The summed E-state index contributed by atoms with van der Waals surface area (Å²) in [5.74, 6) is -0.198. The molecule has 86 valence electrons. The number of nitrogens with zero attached hydrogens (tertiary/aromatic N) is 1. The number of hydrazone groups is 1. The minimum atomic E-state index is -0.198. The van der Waals surface area contributed by atoms with E-state index >= 15 is 0 Å². The second kappa shape index (κ2) is 5.41. The fourth-order valence-corrected chi connectivity index (χ4v) is 1.89. The Morgan fingerprint density at radius 3 is 2.71 bits per heavy atom. The number of nitrogens with one attached hydrogen (secondary N) is 1. The molecule has 0 bridgehead atoms. The summed E-state index contributed by atoms with van der Waals surface area (Å²) >= 11 is 1.59. The Kier molecular flexibility index (Phi) is 3.67. The molecular weight excluding hydrogens is 232 g/mol. The zero-order valence-corrected chi connectivity index (χ0v) is 10.2. The highest BCUT2D eigenvalue weighted by Crippen LogP contribution is 2.03. The fraction of sp³-hybridized carbons (Fsp3) is 0.0769. The Labute approximate surface area is 104 Å². The first kappa shape index (κ1) is 11.5. The molecule has 1 aromatic carbocycles. The lowest BCUT2D eigenvalue weighted by molar-refractivity contribution is 0.0955. The summed E-state index contributed by atoms with van der Waals surface area (Å²) in [6.45, 7) is 1.98. The van der Waals surface area contributed by atoms with E-state index in [1.54, 1.807) is 29.7 Å². The molecular formula is C13H12N2OS. The van der Waals surface area contributed by atoms with Gasteiger partial charge in [-0.15, -0.1) is 0 Å². The van der Waals surface area contributed by atoms with Gasteiger partial charge in [0.25, 0.3) is 5.91 Å². The average Bonchev–Trinajstić information content (AvgIpc) is 2.83. The Morgan fingerprint density at radius 1 is 1.29 bits per heavy atom. The van der Waals surface area contributed by atoms with Gasteiger partial charge in [-0.05, 0) is 35.9 Å². The maximum atomic E-state index is 11.7. The molecule has 0 radical (unpaired) electrons. The molecule has 2 aromatic rings. The van der Waals surface area contributed by atoms with Crippen LogP contribution in [0.25, 0.3) is 0 Å². The Hall–Kier alpha value is -1.94. The second-order valence-electron chi connectivity index (χ2n) is 3.62. The predicted molar refractivity (Wildman–Crippen MR) is 70.6 cm³/mol. The molecule has 0 fully saturated rings. The molecule has 1 aromatic heterocycles. The molecule has 3 nitrogen and oxygen atoms in total. The largest absolute Gasteiger partial charge is 0.271 e. The maximum Gasteiger partial charge on any atom is 0.271 e. The smallest absolute Gasteiger partial charge is 0.267 e. The number of carbonyl (C=O) groups is 1. The van der Waals surface area contributed by atoms with Crippen molar-refractivity contribution in [3.63, 3.8) is 0 Å². The van der Waals surface area contributed by atoms with Crippen molar-refractivity contribution < 1.29 is 4.79 Å². The third-order valence-corrected chi connectivity index (χ3v) is 2.94. The number of thiophene rings is 1. The van der Waals surface area contributed by atoms with Crippen LogP contribution in [0, 0.1) is 6.92 Å². The molecule has 0 atom stereocenters. The Morgan fingerprint density at radius 2 is 2.06 bits per heavy atom. The maximum absolute atomic E-state index is 11.7. The summed E-state index contributed by atoms with van der Waals surface area (Å²) < 4.78 is 0. The lowest BCUT2D eigenvalue weighted by Crippen LogP contribution is -2.17. The summed E-state index contributed by atoms with van der Waals surface area (Å²) in [7, 11) is 0. The standard InChI is InChI=1S/C13H12N2OS/c1-10-2-4-12(5-3-10)13(16)15-14-8-11-6-7-17-9-11/h2-9H,1H3,(H,15,16)/b14-8-. The lowest BCUT2D eigenvalue weighted by atomic mass is 10.1. The number of hydrogen-bond acceptors (Lipinski definition) is 3. The highest BCUT2D eigenvalue weighted by atomic mass is 32.1. The number of rotatable bonds is 3. The van der Waals surface area contributed by atoms with Gasteiger partial charge >= 0.3 is 0 Å². The van der Waals surface area contributed by atoms with E-state index in [1.165, 1.54) is 0 Å². The summed E-state index contributed by atoms with van der Waals surface area (Å²) in [4.78, 5) is 11.7. The molecule has 1 N–H and O–H groups in total. The van der Waals surface area contributed by atoms with E-state index in [-0.39, 0.29) is 5.91 Å². The first-order chi connectivity index (χ1) is 8.25. The molecule has 0 aliphatic carbocycles. The SMILES string of the molecule is Cc1ccc(C(=O)N/N=C\c2ccsc2)cc1. The summed E-state index contributed by atoms with van der Waals surface area (Å²) in [6.07, 6.45) is 1.63. The molecule has 0 spiro atoms. The van der Waals surface area contributed by atoms with Gasteiger partial charge in [-0.25, -0.2) is 5.43 Å². The number of carbonyl (C=O) groups excluding carboxylic acids is 1. The van der Waals surface area contributed by atoms with E-state index < -0.39 is 0 Å². The van der Waals surface area contributed by atoms with E-state index in [1.807, 2.05) is 35.9 Å². The topological polar surface area (TPSA) is 41.5 Å². The first-order valence-electron chi connectivity index (χ1n) is 5.18. The van der Waals surface area contributed by atoms with E-state index in [4.69, 9.17) is 0 Å². The molecule has 4 heteroatoms. The van der Waals surface area contributed by atoms with E-state index in [0.29, 0.717) is 5.56 Å². The summed E-state index contributed by atoms with van der Waals surface area (Å²) in [6, 6.07) is 9.30. The highest BCUT2D eigenvalue weighted by molar-refractivity contribution is 7.08. The monoisotopic (exact) mass is 244 g/mol. The third kappa shape index (κ3) is 3.26. The molecule has 2 rings (SSSR count).